The third kappa shape index (κ3) is 2.17. The van der Waals surface area contributed by atoms with Gasteiger partial charge in [-0.3, -0.25) is 9.78 Å². The molecule has 0 saturated carbocycles. The third-order valence-corrected chi connectivity index (χ3v) is 3.52. The Morgan fingerprint density at radius 2 is 2.00 bits per heavy atom. The van der Waals surface area contributed by atoms with Crippen LogP contribution >= 0.6 is 0 Å². The molecule has 2 aromatic rings. The largest absolute Gasteiger partial charge is 0.398 e. The Morgan fingerprint density at radius 3 is 2.79 bits per heavy atom. The van der Waals surface area contributed by atoms with Gasteiger partial charge in [-0.2, -0.15) is 0 Å². The summed E-state index contributed by atoms with van der Waals surface area (Å²) >= 11 is 0. The SMILES string of the molecule is Nc1cccc2c1CN(C(=O)c1ccncc1)CC2. The van der Waals surface area contributed by atoms with Gasteiger partial charge in [-0.15, -0.1) is 0 Å². The maximum Gasteiger partial charge on any atom is 0.254 e. The van der Waals surface area contributed by atoms with E-state index >= 15 is 0 Å². The number of pyridine rings is 1. The summed E-state index contributed by atoms with van der Waals surface area (Å²) in [5.74, 6) is 0.0382. The number of aromatic nitrogens is 1. The van der Waals surface area contributed by atoms with Crippen LogP contribution in [0.1, 0.15) is 21.5 Å². The first-order chi connectivity index (χ1) is 9.25. The van der Waals surface area contributed by atoms with Crippen LogP contribution in [-0.2, 0) is 13.0 Å². The molecule has 0 spiro atoms. The molecular formula is C15H15N3O. The van der Waals surface area contributed by atoms with Crippen molar-refractivity contribution in [3.05, 3.63) is 59.4 Å². The van der Waals surface area contributed by atoms with Crippen molar-refractivity contribution in [2.45, 2.75) is 13.0 Å². The van der Waals surface area contributed by atoms with Crippen LogP contribution in [0.4, 0.5) is 5.69 Å². The van der Waals surface area contributed by atoms with E-state index in [4.69, 9.17) is 5.73 Å². The number of anilines is 1. The fraction of sp³-hybridized carbons (Fsp3) is 0.200. The normalized spacial score (nSPS) is 14.0. The minimum absolute atomic E-state index is 0.0382. The van der Waals surface area contributed by atoms with Crippen LogP contribution in [0, 0.1) is 0 Å². The summed E-state index contributed by atoms with van der Waals surface area (Å²) in [4.78, 5) is 18.2. The Kier molecular flexibility index (Phi) is 2.91. The molecule has 96 valence electrons. The lowest BCUT2D eigenvalue weighted by atomic mass is 9.97. The Hall–Kier alpha value is -2.36. The molecule has 1 aliphatic rings. The number of nitrogen functional groups attached to an aromatic ring is 1. The molecule has 0 bridgehead atoms. The van der Waals surface area contributed by atoms with Gasteiger partial charge in [0.2, 0.25) is 0 Å². The maximum atomic E-state index is 12.4. The number of nitrogens with zero attached hydrogens (tertiary/aromatic N) is 2. The highest BCUT2D eigenvalue weighted by Crippen LogP contribution is 2.25. The Bertz CT molecular complexity index is 610. The topological polar surface area (TPSA) is 59.2 Å². The standard InChI is InChI=1S/C15H15N3O/c16-14-3-1-2-11-6-9-18(10-13(11)14)15(19)12-4-7-17-8-5-12/h1-5,7-8H,6,9-10,16H2. The fourth-order valence-electron chi connectivity index (χ4n) is 2.46. The number of carbonyl (C=O) groups excluding carboxylic acids is 1. The van der Waals surface area contributed by atoms with Crippen molar-refractivity contribution in [2.24, 2.45) is 0 Å². The van der Waals surface area contributed by atoms with Crippen LogP contribution in [0.25, 0.3) is 0 Å². The molecule has 4 nitrogen and oxygen atoms in total. The first-order valence-electron chi connectivity index (χ1n) is 6.31. The van der Waals surface area contributed by atoms with Gasteiger partial charge in [0.1, 0.15) is 0 Å². The second kappa shape index (κ2) is 4.72. The van der Waals surface area contributed by atoms with Gasteiger partial charge in [-0.05, 0) is 35.7 Å². The van der Waals surface area contributed by atoms with Gasteiger partial charge in [0.05, 0.1) is 0 Å². The van der Waals surface area contributed by atoms with E-state index in [2.05, 4.69) is 11.1 Å². The lowest BCUT2D eigenvalue weighted by Crippen LogP contribution is -2.36. The van der Waals surface area contributed by atoms with Crippen LogP contribution in [-0.4, -0.2) is 22.3 Å². The molecule has 0 aliphatic carbocycles. The second-order valence-electron chi connectivity index (χ2n) is 4.70. The molecular weight excluding hydrogens is 238 g/mol. The monoisotopic (exact) mass is 253 g/mol. The Morgan fingerprint density at radius 1 is 1.21 bits per heavy atom. The van der Waals surface area contributed by atoms with Crippen LogP contribution in [0.2, 0.25) is 0 Å². The highest BCUT2D eigenvalue weighted by molar-refractivity contribution is 5.94. The van der Waals surface area contributed by atoms with Crippen molar-refractivity contribution in [3.63, 3.8) is 0 Å². The molecule has 2 heterocycles. The van der Waals surface area contributed by atoms with E-state index in [-0.39, 0.29) is 5.91 Å². The number of fused-ring (bicyclic) bond motifs is 1. The number of hydrogen-bond donors (Lipinski definition) is 1. The van der Waals surface area contributed by atoms with Crippen LogP contribution in [0.15, 0.2) is 42.7 Å². The molecule has 0 fully saturated rings. The van der Waals surface area contributed by atoms with Gasteiger partial charge in [0.15, 0.2) is 0 Å². The molecule has 19 heavy (non-hydrogen) atoms. The maximum absolute atomic E-state index is 12.4. The predicted octanol–water partition coefficient (Wildman–Crippen LogP) is 1.86. The molecule has 0 atom stereocenters. The molecule has 2 N–H and O–H groups in total. The zero-order valence-electron chi connectivity index (χ0n) is 10.5. The second-order valence-corrected chi connectivity index (χ2v) is 4.70. The molecule has 4 heteroatoms. The predicted molar refractivity (Wildman–Crippen MR) is 73.5 cm³/mol. The lowest BCUT2D eigenvalue weighted by Gasteiger charge is -2.29. The van der Waals surface area contributed by atoms with E-state index in [0.29, 0.717) is 12.1 Å². The van der Waals surface area contributed by atoms with Crippen LogP contribution < -0.4 is 5.73 Å². The van der Waals surface area contributed by atoms with Gasteiger partial charge in [0, 0.05) is 36.7 Å². The van der Waals surface area contributed by atoms with Crippen molar-refractivity contribution < 1.29 is 4.79 Å². The van der Waals surface area contributed by atoms with Crippen molar-refractivity contribution in [1.82, 2.24) is 9.88 Å². The molecule has 1 aromatic heterocycles. The number of amides is 1. The molecule has 1 amide bonds. The molecule has 0 radical (unpaired) electrons. The average molecular weight is 253 g/mol. The number of hydrogen-bond acceptors (Lipinski definition) is 3. The van der Waals surface area contributed by atoms with Crippen LogP contribution in [0.5, 0.6) is 0 Å². The molecule has 1 aliphatic heterocycles. The minimum Gasteiger partial charge on any atom is -0.398 e. The summed E-state index contributed by atoms with van der Waals surface area (Å²) in [6.45, 7) is 1.32. The highest BCUT2D eigenvalue weighted by Gasteiger charge is 2.22. The number of carbonyl (C=O) groups is 1. The van der Waals surface area contributed by atoms with Gasteiger partial charge < -0.3 is 10.6 Å². The quantitative estimate of drug-likeness (QED) is 0.789. The summed E-state index contributed by atoms with van der Waals surface area (Å²) in [7, 11) is 0. The van der Waals surface area contributed by atoms with E-state index in [1.54, 1.807) is 24.5 Å². The number of rotatable bonds is 1. The van der Waals surface area contributed by atoms with Gasteiger partial charge >= 0.3 is 0 Å². The summed E-state index contributed by atoms with van der Waals surface area (Å²) < 4.78 is 0. The molecule has 0 unspecified atom stereocenters. The third-order valence-electron chi connectivity index (χ3n) is 3.52. The minimum atomic E-state index is 0.0382. The van der Waals surface area contributed by atoms with E-state index in [9.17, 15) is 4.79 Å². The summed E-state index contributed by atoms with van der Waals surface area (Å²) in [5, 5.41) is 0. The van der Waals surface area contributed by atoms with E-state index in [1.165, 1.54) is 5.56 Å². The van der Waals surface area contributed by atoms with E-state index < -0.39 is 0 Å². The highest BCUT2D eigenvalue weighted by atomic mass is 16.2. The Balaban J connectivity index is 1.86. The van der Waals surface area contributed by atoms with Crippen molar-refractivity contribution >= 4 is 11.6 Å². The first-order valence-corrected chi connectivity index (χ1v) is 6.31. The Labute approximate surface area is 111 Å². The summed E-state index contributed by atoms with van der Waals surface area (Å²) in [6, 6.07) is 9.42. The number of nitrogens with two attached hydrogens (primary N) is 1. The molecule has 3 rings (SSSR count). The van der Waals surface area contributed by atoms with Gasteiger partial charge in [0.25, 0.3) is 5.91 Å². The van der Waals surface area contributed by atoms with Gasteiger partial charge in [-0.25, -0.2) is 0 Å². The fourth-order valence-corrected chi connectivity index (χ4v) is 2.46. The summed E-state index contributed by atoms with van der Waals surface area (Å²) in [6.07, 6.45) is 4.14. The average Bonchev–Trinajstić information content (AvgIpc) is 2.47. The van der Waals surface area contributed by atoms with Crippen molar-refractivity contribution in [2.75, 3.05) is 12.3 Å². The van der Waals surface area contributed by atoms with Crippen molar-refractivity contribution in [1.29, 1.82) is 0 Å². The van der Waals surface area contributed by atoms with E-state index in [1.807, 2.05) is 17.0 Å². The zero-order valence-corrected chi connectivity index (χ0v) is 10.5. The number of benzene rings is 1. The van der Waals surface area contributed by atoms with Gasteiger partial charge in [-0.1, -0.05) is 12.1 Å². The van der Waals surface area contributed by atoms with Crippen molar-refractivity contribution in [3.8, 4) is 0 Å². The zero-order chi connectivity index (χ0) is 13.2. The van der Waals surface area contributed by atoms with E-state index in [0.717, 1.165) is 24.2 Å². The summed E-state index contributed by atoms with van der Waals surface area (Å²) in [5.41, 5.74) is 9.77. The molecule has 1 aromatic carbocycles. The first kappa shape index (κ1) is 11.7. The molecule has 0 saturated heterocycles. The lowest BCUT2D eigenvalue weighted by molar-refractivity contribution is 0.0735. The van der Waals surface area contributed by atoms with Crippen LogP contribution in [0.3, 0.4) is 0 Å². The smallest absolute Gasteiger partial charge is 0.254 e.